The first-order valence-corrected chi connectivity index (χ1v) is 8.60. The minimum Gasteiger partial charge on any atom is -0.497 e. The summed E-state index contributed by atoms with van der Waals surface area (Å²) in [6.45, 7) is 2.62. The Morgan fingerprint density at radius 1 is 1.17 bits per heavy atom. The highest BCUT2D eigenvalue weighted by Gasteiger charge is 2.35. The van der Waals surface area contributed by atoms with Gasteiger partial charge in [0.25, 0.3) is 0 Å². The van der Waals surface area contributed by atoms with E-state index in [9.17, 15) is 4.79 Å². The fourth-order valence-electron chi connectivity index (χ4n) is 3.28. The largest absolute Gasteiger partial charge is 0.497 e. The van der Waals surface area contributed by atoms with Crippen LogP contribution in [0.3, 0.4) is 0 Å². The Kier molecular flexibility index (Phi) is 5.00. The minimum absolute atomic E-state index is 0.105. The summed E-state index contributed by atoms with van der Waals surface area (Å²) in [5.74, 6) is 1.05. The number of benzene rings is 1. The standard InChI is InChI=1S/C17H23N3O2S/c1-22-14-8-6-13(7-9-14)18-17(23)20-12-4-5-15(20)16(21)19-10-2-3-11-19/h6-9,15H,2-5,10-12H2,1H3,(H,18,23). The van der Waals surface area contributed by atoms with Crippen molar-refractivity contribution in [3.8, 4) is 5.75 Å². The van der Waals surface area contributed by atoms with Gasteiger partial charge in [-0.3, -0.25) is 4.79 Å². The molecule has 0 radical (unpaired) electrons. The van der Waals surface area contributed by atoms with Crippen LogP contribution in [0.15, 0.2) is 24.3 Å². The number of carbonyl (C=O) groups is 1. The molecule has 1 aromatic carbocycles. The van der Waals surface area contributed by atoms with E-state index in [2.05, 4.69) is 5.32 Å². The molecule has 0 saturated carbocycles. The number of nitrogens with zero attached hydrogens (tertiary/aromatic N) is 2. The smallest absolute Gasteiger partial charge is 0.245 e. The quantitative estimate of drug-likeness (QED) is 0.861. The molecule has 1 atom stereocenters. The minimum atomic E-state index is -0.105. The van der Waals surface area contributed by atoms with E-state index in [4.69, 9.17) is 17.0 Å². The van der Waals surface area contributed by atoms with Gasteiger partial charge in [-0.25, -0.2) is 0 Å². The molecule has 2 saturated heterocycles. The van der Waals surface area contributed by atoms with Crippen molar-refractivity contribution in [3.05, 3.63) is 24.3 Å². The molecular formula is C17H23N3O2S. The van der Waals surface area contributed by atoms with Gasteiger partial charge in [-0.1, -0.05) is 0 Å². The molecule has 1 amide bonds. The SMILES string of the molecule is COc1ccc(NC(=S)N2CCCC2C(=O)N2CCCC2)cc1. The summed E-state index contributed by atoms with van der Waals surface area (Å²) in [6, 6.07) is 7.53. The van der Waals surface area contributed by atoms with Crippen LogP contribution in [0.25, 0.3) is 0 Å². The van der Waals surface area contributed by atoms with Gasteiger partial charge in [0.15, 0.2) is 5.11 Å². The van der Waals surface area contributed by atoms with Crippen molar-refractivity contribution in [1.82, 2.24) is 9.80 Å². The molecular weight excluding hydrogens is 310 g/mol. The van der Waals surface area contributed by atoms with Crippen molar-refractivity contribution in [2.45, 2.75) is 31.7 Å². The Morgan fingerprint density at radius 2 is 1.87 bits per heavy atom. The lowest BCUT2D eigenvalue weighted by Crippen LogP contribution is -2.48. The van der Waals surface area contributed by atoms with Crippen molar-refractivity contribution in [2.75, 3.05) is 32.1 Å². The van der Waals surface area contributed by atoms with E-state index < -0.39 is 0 Å². The summed E-state index contributed by atoms with van der Waals surface area (Å²) in [4.78, 5) is 16.7. The van der Waals surface area contributed by atoms with E-state index in [1.54, 1.807) is 7.11 Å². The Morgan fingerprint density at radius 3 is 2.52 bits per heavy atom. The molecule has 0 spiro atoms. The van der Waals surface area contributed by atoms with Crippen molar-refractivity contribution in [2.24, 2.45) is 0 Å². The van der Waals surface area contributed by atoms with Gasteiger partial charge in [-0.15, -0.1) is 0 Å². The van der Waals surface area contributed by atoms with Crippen molar-refractivity contribution in [1.29, 1.82) is 0 Å². The highest BCUT2D eigenvalue weighted by atomic mass is 32.1. The predicted octanol–water partition coefficient (Wildman–Crippen LogP) is 2.48. The zero-order chi connectivity index (χ0) is 16.2. The highest BCUT2D eigenvalue weighted by Crippen LogP contribution is 2.23. The number of thiocarbonyl (C=S) groups is 1. The van der Waals surface area contributed by atoms with Crippen LogP contribution in [0.2, 0.25) is 0 Å². The number of carbonyl (C=O) groups excluding carboxylic acids is 1. The van der Waals surface area contributed by atoms with E-state index in [-0.39, 0.29) is 11.9 Å². The molecule has 0 bridgehead atoms. The fourth-order valence-corrected chi connectivity index (χ4v) is 3.62. The van der Waals surface area contributed by atoms with Crippen LogP contribution in [0.4, 0.5) is 5.69 Å². The molecule has 1 aromatic rings. The second-order valence-corrected chi connectivity index (χ2v) is 6.43. The van der Waals surface area contributed by atoms with E-state index >= 15 is 0 Å². The Hall–Kier alpha value is -1.82. The Balaban J connectivity index is 1.64. The summed E-state index contributed by atoms with van der Waals surface area (Å²) in [5.41, 5.74) is 0.912. The number of hydrogen-bond acceptors (Lipinski definition) is 3. The number of ether oxygens (including phenoxy) is 1. The Labute approximate surface area is 142 Å². The van der Waals surface area contributed by atoms with Crippen LogP contribution in [-0.2, 0) is 4.79 Å². The number of methoxy groups -OCH3 is 1. The first kappa shape index (κ1) is 16.1. The average Bonchev–Trinajstić information content (AvgIpc) is 3.26. The van der Waals surface area contributed by atoms with Gasteiger partial charge < -0.3 is 19.9 Å². The second kappa shape index (κ2) is 7.17. The van der Waals surface area contributed by atoms with Crippen LogP contribution < -0.4 is 10.1 Å². The lowest BCUT2D eigenvalue weighted by Gasteiger charge is -2.29. The summed E-state index contributed by atoms with van der Waals surface area (Å²) in [7, 11) is 1.64. The lowest BCUT2D eigenvalue weighted by molar-refractivity contribution is -0.133. The van der Waals surface area contributed by atoms with Crippen LogP contribution in [0.5, 0.6) is 5.75 Å². The van der Waals surface area contributed by atoms with E-state index in [0.29, 0.717) is 5.11 Å². The number of rotatable bonds is 3. The van der Waals surface area contributed by atoms with Gasteiger partial charge in [0.05, 0.1) is 7.11 Å². The van der Waals surface area contributed by atoms with Crippen LogP contribution >= 0.6 is 12.2 Å². The number of amides is 1. The number of anilines is 1. The molecule has 2 aliphatic rings. The molecule has 3 rings (SSSR count). The van der Waals surface area contributed by atoms with Gasteiger partial charge in [0.2, 0.25) is 5.91 Å². The van der Waals surface area contributed by atoms with E-state index in [1.165, 1.54) is 0 Å². The number of hydrogen-bond donors (Lipinski definition) is 1. The van der Waals surface area contributed by atoms with Crippen LogP contribution in [0, 0.1) is 0 Å². The summed E-state index contributed by atoms with van der Waals surface area (Å²) in [5, 5.41) is 3.87. The van der Waals surface area contributed by atoms with Crippen molar-refractivity contribution in [3.63, 3.8) is 0 Å². The summed E-state index contributed by atoms with van der Waals surface area (Å²) < 4.78 is 5.16. The highest BCUT2D eigenvalue weighted by molar-refractivity contribution is 7.80. The maximum atomic E-state index is 12.7. The predicted molar refractivity (Wildman–Crippen MR) is 94.8 cm³/mol. The van der Waals surface area contributed by atoms with Gasteiger partial charge in [-0.2, -0.15) is 0 Å². The molecule has 0 aromatic heterocycles. The normalized spacial score (nSPS) is 20.7. The third-order valence-electron chi connectivity index (χ3n) is 4.56. The summed E-state index contributed by atoms with van der Waals surface area (Å²) >= 11 is 5.54. The monoisotopic (exact) mass is 333 g/mol. The molecule has 0 aliphatic carbocycles. The third kappa shape index (κ3) is 3.58. The first-order chi connectivity index (χ1) is 11.2. The molecule has 2 heterocycles. The molecule has 2 aliphatic heterocycles. The molecule has 1 unspecified atom stereocenters. The fraction of sp³-hybridized carbons (Fsp3) is 0.529. The molecule has 5 nitrogen and oxygen atoms in total. The molecule has 1 N–H and O–H groups in total. The number of nitrogens with one attached hydrogen (secondary N) is 1. The van der Waals surface area contributed by atoms with Gasteiger partial charge in [0, 0.05) is 25.3 Å². The maximum Gasteiger partial charge on any atom is 0.245 e. The second-order valence-electron chi connectivity index (χ2n) is 6.04. The Bertz CT molecular complexity index is 570. The molecule has 2 fully saturated rings. The first-order valence-electron chi connectivity index (χ1n) is 8.19. The van der Waals surface area contributed by atoms with Crippen molar-refractivity contribution < 1.29 is 9.53 Å². The van der Waals surface area contributed by atoms with Crippen LogP contribution in [-0.4, -0.2) is 53.6 Å². The zero-order valence-corrected chi connectivity index (χ0v) is 14.3. The van der Waals surface area contributed by atoms with Gasteiger partial charge in [0.1, 0.15) is 11.8 Å². The zero-order valence-electron chi connectivity index (χ0n) is 13.5. The topological polar surface area (TPSA) is 44.8 Å². The maximum absolute atomic E-state index is 12.7. The van der Waals surface area contributed by atoms with Gasteiger partial charge in [-0.05, 0) is 62.2 Å². The lowest BCUT2D eigenvalue weighted by atomic mass is 10.2. The molecule has 6 heteroatoms. The molecule has 124 valence electrons. The van der Waals surface area contributed by atoms with E-state index in [0.717, 1.165) is 56.8 Å². The van der Waals surface area contributed by atoms with Crippen molar-refractivity contribution >= 4 is 28.9 Å². The summed E-state index contributed by atoms with van der Waals surface area (Å²) in [6.07, 6.45) is 4.13. The average molecular weight is 333 g/mol. The number of likely N-dealkylation sites (tertiary alicyclic amines) is 2. The van der Waals surface area contributed by atoms with E-state index in [1.807, 2.05) is 34.1 Å². The van der Waals surface area contributed by atoms with Crippen LogP contribution in [0.1, 0.15) is 25.7 Å². The van der Waals surface area contributed by atoms with Gasteiger partial charge >= 0.3 is 0 Å². The third-order valence-corrected chi connectivity index (χ3v) is 4.89. The molecule has 23 heavy (non-hydrogen) atoms.